The highest BCUT2D eigenvalue weighted by atomic mass is 16.4. The predicted octanol–water partition coefficient (Wildman–Crippen LogP) is 5.33. The Bertz CT molecular complexity index is 731. The minimum absolute atomic E-state index is 0.330. The minimum Gasteiger partial charge on any atom is -0.508 e. The molecule has 0 aromatic heterocycles. The molecule has 0 radical (unpaired) electrons. The van der Waals surface area contributed by atoms with E-state index in [4.69, 9.17) is 0 Å². The summed E-state index contributed by atoms with van der Waals surface area (Å²) in [5.41, 5.74) is 1.34. The Kier molecular flexibility index (Phi) is 6.86. The van der Waals surface area contributed by atoms with Gasteiger partial charge in [0.25, 0.3) is 0 Å². The molecule has 0 spiro atoms. The van der Waals surface area contributed by atoms with Crippen LogP contribution in [0.5, 0.6) is 5.75 Å². The number of carboxylic acid groups (broad SMARTS) is 2. The highest BCUT2D eigenvalue weighted by Crippen LogP contribution is 2.50. The van der Waals surface area contributed by atoms with Crippen molar-refractivity contribution in [3.8, 4) is 5.75 Å². The second kappa shape index (κ2) is 9.19. The lowest BCUT2D eigenvalue weighted by Crippen LogP contribution is -2.14. The predicted molar refractivity (Wildman–Crippen MR) is 111 cm³/mol. The molecule has 0 saturated heterocycles. The quantitative estimate of drug-likeness (QED) is 0.366. The molecule has 0 bridgehead atoms. The van der Waals surface area contributed by atoms with Crippen molar-refractivity contribution < 1.29 is 24.9 Å². The lowest BCUT2D eigenvalue weighted by molar-refractivity contribution is -0.144. The Hall–Kier alpha value is -2.04. The number of aryl methyl sites for hydroxylation is 2. The number of carbonyl (C=O) groups is 2. The Morgan fingerprint density at radius 2 is 1.28 bits per heavy atom. The molecule has 3 rings (SSSR count). The number of hydrogen-bond donors (Lipinski definition) is 3. The third kappa shape index (κ3) is 5.74. The van der Waals surface area contributed by atoms with Crippen LogP contribution in [-0.2, 0) is 22.4 Å². The van der Waals surface area contributed by atoms with Gasteiger partial charge in [-0.2, -0.15) is 0 Å². The highest BCUT2D eigenvalue weighted by Gasteiger charge is 2.49. The zero-order chi connectivity index (χ0) is 20.9. The number of hydrogen-bond acceptors (Lipinski definition) is 3. The van der Waals surface area contributed by atoms with Crippen LogP contribution in [0.15, 0.2) is 18.2 Å². The molecule has 0 atom stereocenters. The normalized spacial score (nSPS) is 18.3. The molecule has 0 aliphatic heterocycles. The monoisotopic (exact) mass is 402 g/mol. The van der Waals surface area contributed by atoms with Gasteiger partial charge in [-0.15, -0.1) is 0 Å². The van der Waals surface area contributed by atoms with E-state index in [9.17, 15) is 24.9 Å². The van der Waals surface area contributed by atoms with E-state index in [1.807, 2.05) is 6.07 Å². The lowest BCUT2D eigenvalue weighted by Gasteiger charge is -2.11. The molecule has 5 nitrogen and oxygen atoms in total. The Morgan fingerprint density at radius 1 is 0.759 bits per heavy atom. The average Bonchev–Trinajstić information content (AvgIpc) is 3.59. The van der Waals surface area contributed by atoms with Gasteiger partial charge in [-0.1, -0.05) is 37.8 Å². The summed E-state index contributed by atoms with van der Waals surface area (Å²) in [5.74, 6) is -0.946. The van der Waals surface area contributed by atoms with Crippen molar-refractivity contribution in [3.05, 3.63) is 29.3 Å². The van der Waals surface area contributed by atoms with Crippen LogP contribution in [0.1, 0.15) is 88.2 Å². The molecule has 0 heterocycles. The Morgan fingerprint density at radius 3 is 1.83 bits per heavy atom. The molecule has 0 unspecified atom stereocenters. The molecular formula is C24H34O5. The van der Waals surface area contributed by atoms with E-state index < -0.39 is 22.8 Å². The second-order valence-corrected chi connectivity index (χ2v) is 9.26. The number of carboxylic acids is 2. The first kappa shape index (κ1) is 21.7. The van der Waals surface area contributed by atoms with Crippen LogP contribution in [0, 0.1) is 10.8 Å². The van der Waals surface area contributed by atoms with Gasteiger partial charge in [0.15, 0.2) is 0 Å². The maximum absolute atomic E-state index is 11.2. The summed E-state index contributed by atoms with van der Waals surface area (Å²) in [6.07, 6.45) is 12.6. The number of aliphatic carboxylic acids is 2. The fraction of sp³-hybridized carbons (Fsp3) is 0.667. The summed E-state index contributed by atoms with van der Waals surface area (Å²) in [7, 11) is 0. The molecule has 1 aromatic carbocycles. The third-order valence-corrected chi connectivity index (χ3v) is 6.98. The topological polar surface area (TPSA) is 94.8 Å². The van der Waals surface area contributed by atoms with Crippen molar-refractivity contribution >= 4 is 11.9 Å². The van der Waals surface area contributed by atoms with Crippen LogP contribution < -0.4 is 0 Å². The SMILES string of the molecule is O=C(O)C1(CCCCCCc2ccc(O)c(CCCCC3(C(=O)O)CC3)c2)CC1. The standard InChI is InChI=1S/C24H34O5/c25-20-10-9-18(7-3-1-2-5-11-23(13-14-23)21(26)27)17-19(20)8-4-6-12-24(15-16-24)22(28)29/h9-10,17,25H,1-8,11-16H2,(H,26,27)(H,28,29). The summed E-state index contributed by atoms with van der Waals surface area (Å²) < 4.78 is 0. The van der Waals surface area contributed by atoms with Gasteiger partial charge in [-0.3, -0.25) is 9.59 Å². The van der Waals surface area contributed by atoms with E-state index in [-0.39, 0.29) is 0 Å². The van der Waals surface area contributed by atoms with Crippen LogP contribution >= 0.6 is 0 Å². The molecule has 0 amide bonds. The van der Waals surface area contributed by atoms with Crippen molar-refractivity contribution in [2.24, 2.45) is 10.8 Å². The van der Waals surface area contributed by atoms with Crippen molar-refractivity contribution in [2.45, 2.75) is 89.9 Å². The van der Waals surface area contributed by atoms with Gasteiger partial charge in [0.2, 0.25) is 0 Å². The summed E-state index contributed by atoms with van der Waals surface area (Å²) in [5, 5.41) is 28.6. The van der Waals surface area contributed by atoms with E-state index in [2.05, 4.69) is 6.07 Å². The Labute approximate surface area is 173 Å². The zero-order valence-electron chi connectivity index (χ0n) is 17.3. The van der Waals surface area contributed by atoms with Crippen LogP contribution in [0.4, 0.5) is 0 Å². The molecule has 160 valence electrons. The molecule has 1 aromatic rings. The van der Waals surface area contributed by atoms with Gasteiger partial charge < -0.3 is 15.3 Å². The van der Waals surface area contributed by atoms with Gasteiger partial charge in [-0.25, -0.2) is 0 Å². The fourth-order valence-corrected chi connectivity index (χ4v) is 4.36. The number of benzene rings is 1. The first-order chi connectivity index (χ1) is 13.9. The van der Waals surface area contributed by atoms with Crippen molar-refractivity contribution in [1.82, 2.24) is 0 Å². The van der Waals surface area contributed by atoms with Crippen molar-refractivity contribution in [1.29, 1.82) is 0 Å². The van der Waals surface area contributed by atoms with Crippen LogP contribution in [0.25, 0.3) is 0 Å². The molecule has 2 aliphatic rings. The number of aromatic hydroxyl groups is 1. The maximum Gasteiger partial charge on any atom is 0.309 e. The van der Waals surface area contributed by atoms with E-state index in [0.717, 1.165) is 95.5 Å². The second-order valence-electron chi connectivity index (χ2n) is 9.26. The van der Waals surface area contributed by atoms with E-state index in [0.29, 0.717) is 5.75 Å². The third-order valence-electron chi connectivity index (χ3n) is 6.98. The van der Waals surface area contributed by atoms with Gasteiger partial charge in [-0.05, 0) is 81.4 Å². The van der Waals surface area contributed by atoms with E-state index >= 15 is 0 Å². The Balaban J connectivity index is 1.33. The van der Waals surface area contributed by atoms with Gasteiger partial charge >= 0.3 is 11.9 Å². The smallest absolute Gasteiger partial charge is 0.309 e. The molecule has 2 fully saturated rings. The molecular weight excluding hydrogens is 368 g/mol. The number of unbranched alkanes of at least 4 members (excludes halogenated alkanes) is 4. The fourth-order valence-electron chi connectivity index (χ4n) is 4.36. The van der Waals surface area contributed by atoms with Crippen molar-refractivity contribution in [3.63, 3.8) is 0 Å². The molecule has 5 heteroatoms. The summed E-state index contributed by atoms with van der Waals surface area (Å²) in [6, 6.07) is 5.84. The summed E-state index contributed by atoms with van der Waals surface area (Å²) >= 11 is 0. The summed E-state index contributed by atoms with van der Waals surface area (Å²) in [6.45, 7) is 0. The largest absolute Gasteiger partial charge is 0.508 e. The first-order valence-corrected chi connectivity index (χ1v) is 11.1. The van der Waals surface area contributed by atoms with E-state index in [1.165, 1.54) is 5.56 Å². The lowest BCUT2D eigenvalue weighted by atomic mass is 9.95. The first-order valence-electron chi connectivity index (χ1n) is 11.1. The van der Waals surface area contributed by atoms with E-state index in [1.54, 1.807) is 6.07 Å². The summed E-state index contributed by atoms with van der Waals surface area (Å²) in [4.78, 5) is 22.4. The maximum atomic E-state index is 11.2. The van der Waals surface area contributed by atoms with Gasteiger partial charge in [0, 0.05) is 0 Å². The number of phenolic OH excluding ortho intramolecular Hbond substituents is 1. The van der Waals surface area contributed by atoms with Gasteiger partial charge in [0.05, 0.1) is 10.8 Å². The van der Waals surface area contributed by atoms with Crippen LogP contribution in [0.3, 0.4) is 0 Å². The highest BCUT2D eigenvalue weighted by molar-refractivity contribution is 5.78. The molecule has 2 aliphatic carbocycles. The molecule has 2 saturated carbocycles. The number of rotatable bonds is 14. The van der Waals surface area contributed by atoms with Crippen LogP contribution in [-0.4, -0.2) is 27.3 Å². The molecule has 29 heavy (non-hydrogen) atoms. The minimum atomic E-state index is -0.655. The zero-order valence-corrected chi connectivity index (χ0v) is 17.3. The average molecular weight is 403 g/mol. The van der Waals surface area contributed by atoms with Gasteiger partial charge in [0.1, 0.15) is 5.75 Å². The number of phenols is 1. The van der Waals surface area contributed by atoms with Crippen molar-refractivity contribution in [2.75, 3.05) is 0 Å². The van der Waals surface area contributed by atoms with Crippen LogP contribution in [0.2, 0.25) is 0 Å². The molecule has 3 N–H and O–H groups in total.